The molecule has 0 saturated heterocycles. The number of rotatable bonds is 4. The number of benzene rings is 1. The second-order valence-electron chi connectivity index (χ2n) is 4.09. The van der Waals surface area contributed by atoms with Crippen LogP contribution in [0.3, 0.4) is 0 Å². The Morgan fingerprint density at radius 2 is 1.89 bits per heavy atom. The zero-order chi connectivity index (χ0) is 13.8. The summed E-state index contributed by atoms with van der Waals surface area (Å²) in [5.74, 6) is 7.52. The van der Waals surface area contributed by atoms with Gasteiger partial charge in [-0.05, 0) is 38.3 Å². The number of anilines is 3. The highest BCUT2D eigenvalue weighted by Gasteiger charge is 2.08. The third-order valence-electron chi connectivity index (χ3n) is 2.73. The van der Waals surface area contributed by atoms with Crippen molar-refractivity contribution in [3.63, 3.8) is 0 Å². The summed E-state index contributed by atoms with van der Waals surface area (Å²) in [6.07, 6.45) is 2.05. The first-order valence-corrected chi connectivity index (χ1v) is 7.09. The molecule has 1 aromatic carbocycles. The number of hydrazine groups is 1. The molecular weight excluding hydrogens is 258 g/mol. The predicted molar refractivity (Wildman–Crippen MR) is 80.8 cm³/mol. The lowest BCUT2D eigenvalue weighted by atomic mass is 10.2. The second kappa shape index (κ2) is 5.90. The summed E-state index contributed by atoms with van der Waals surface area (Å²) in [4.78, 5) is 9.84. The molecule has 4 N–H and O–H groups in total. The largest absolute Gasteiger partial charge is 0.340 e. The zero-order valence-electron chi connectivity index (χ0n) is 11.2. The van der Waals surface area contributed by atoms with E-state index < -0.39 is 0 Å². The van der Waals surface area contributed by atoms with Crippen LogP contribution < -0.4 is 16.6 Å². The monoisotopic (exact) mass is 275 g/mol. The minimum Gasteiger partial charge on any atom is -0.340 e. The van der Waals surface area contributed by atoms with Gasteiger partial charge in [-0.15, -0.1) is 11.8 Å². The van der Waals surface area contributed by atoms with Gasteiger partial charge in [-0.1, -0.05) is 6.07 Å². The number of aromatic nitrogens is 2. The minimum atomic E-state index is 0.635. The van der Waals surface area contributed by atoms with E-state index in [1.54, 1.807) is 11.8 Å². The van der Waals surface area contributed by atoms with Crippen LogP contribution in [0.15, 0.2) is 29.2 Å². The molecular formula is C13H17N5S. The van der Waals surface area contributed by atoms with Gasteiger partial charge < -0.3 is 10.7 Å². The Morgan fingerprint density at radius 1 is 1.16 bits per heavy atom. The fourth-order valence-corrected chi connectivity index (χ4v) is 2.19. The molecule has 0 amide bonds. The number of hydrogen-bond acceptors (Lipinski definition) is 6. The van der Waals surface area contributed by atoms with Crippen molar-refractivity contribution in [2.45, 2.75) is 18.7 Å². The maximum Gasteiger partial charge on any atom is 0.148 e. The molecule has 0 spiro atoms. The number of hydrogen-bond donors (Lipinski definition) is 3. The molecule has 2 rings (SSSR count). The normalized spacial score (nSPS) is 10.3. The van der Waals surface area contributed by atoms with Crippen LogP contribution in [0.25, 0.3) is 0 Å². The van der Waals surface area contributed by atoms with Crippen LogP contribution >= 0.6 is 11.8 Å². The molecule has 0 aliphatic heterocycles. The van der Waals surface area contributed by atoms with E-state index in [0.717, 1.165) is 17.1 Å². The SMILES string of the molecule is CSc1cccc(Nc2nc(C)nc(NN)c2C)c1. The van der Waals surface area contributed by atoms with E-state index in [1.165, 1.54) is 4.90 Å². The lowest BCUT2D eigenvalue weighted by Crippen LogP contribution is -2.13. The Kier molecular flexibility index (Phi) is 4.24. The van der Waals surface area contributed by atoms with Crippen molar-refractivity contribution in [2.75, 3.05) is 17.0 Å². The van der Waals surface area contributed by atoms with Crippen molar-refractivity contribution in [1.29, 1.82) is 0 Å². The molecule has 5 nitrogen and oxygen atoms in total. The molecule has 0 bridgehead atoms. The second-order valence-corrected chi connectivity index (χ2v) is 4.97. The quantitative estimate of drug-likeness (QED) is 0.452. The summed E-state index contributed by atoms with van der Waals surface area (Å²) in [6, 6.07) is 8.17. The fourth-order valence-electron chi connectivity index (χ4n) is 1.73. The van der Waals surface area contributed by atoms with Crippen LogP contribution in [-0.2, 0) is 0 Å². The first kappa shape index (κ1) is 13.6. The number of nitrogens with zero attached hydrogens (tertiary/aromatic N) is 2. The van der Waals surface area contributed by atoms with Crippen LogP contribution in [-0.4, -0.2) is 16.2 Å². The van der Waals surface area contributed by atoms with E-state index in [1.807, 2.05) is 26.0 Å². The Bertz CT molecular complexity index is 585. The van der Waals surface area contributed by atoms with Crippen LogP contribution in [0.1, 0.15) is 11.4 Å². The highest BCUT2D eigenvalue weighted by atomic mass is 32.2. The van der Waals surface area contributed by atoms with Crippen molar-refractivity contribution < 1.29 is 0 Å². The van der Waals surface area contributed by atoms with Gasteiger partial charge in [0.2, 0.25) is 0 Å². The van der Waals surface area contributed by atoms with Crippen LogP contribution in [0.2, 0.25) is 0 Å². The van der Waals surface area contributed by atoms with Crippen molar-refractivity contribution >= 4 is 29.1 Å². The van der Waals surface area contributed by atoms with E-state index in [2.05, 4.69) is 39.1 Å². The average Bonchev–Trinajstić information content (AvgIpc) is 2.42. The van der Waals surface area contributed by atoms with Gasteiger partial charge >= 0.3 is 0 Å². The maximum atomic E-state index is 5.46. The number of nitrogens with one attached hydrogen (secondary N) is 2. The third-order valence-corrected chi connectivity index (χ3v) is 3.45. The van der Waals surface area contributed by atoms with Crippen LogP contribution in [0, 0.1) is 13.8 Å². The first-order chi connectivity index (χ1) is 9.13. The topological polar surface area (TPSA) is 75.9 Å². The van der Waals surface area contributed by atoms with Crippen molar-refractivity contribution in [3.05, 3.63) is 35.7 Å². The fraction of sp³-hybridized carbons (Fsp3) is 0.231. The summed E-state index contributed by atoms with van der Waals surface area (Å²) in [5, 5.41) is 3.30. The number of nitrogen functional groups attached to an aromatic ring is 1. The Morgan fingerprint density at radius 3 is 2.58 bits per heavy atom. The highest BCUT2D eigenvalue weighted by molar-refractivity contribution is 7.98. The minimum absolute atomic E-state index is 0.635. The number of aryl methyl sites for hydroxylation is 1. The summed E-state index contributed by atoms with van der Waals surface area (Å²) < 4.78 is 0. The molecule has 1 heterocycles. The van der Waals surface area contributed by atoms with E-state index in [4.69, 9.17) is 5.84 Å². The van der Waals surface area contributed by atoms with Gasteiger partial charge in [0.1, 0.15) is 17.5 Å². The summed E-state index contributed by atoms with van der Waals surface area (Å²) in [7, 11) is 0. The maximum absolute atomic E-state index is 5.46. The molecule has 0 radical (unpaired) electrons. The molecule has 0 atom stereocenters. The van der Waals surface area contributed by atoms with Crippen molar-refractivity contribution in [1.82, 2.24) is 9.97 Å². The van der Waals surface area contributed by atoms with Gasteiger partial charge in [0, 0.05) is 16.1 Å². The summed E-state index contributed by atoms with van der Waals surface area (Å²) in [5.41, 5.74) is 4.48. The molecule has 0 aliphatic rings. The van der Waals surface area contributed by atoms with E-state index in [-0.39, 0.29) is 0 Å². The van der Waals surface area contributed by atoms with Crippen molar-refractivity contribution in [2.24, 2.45) is 5.84 Å². The summed E-state index contributed by atoms with van der Waals surface area (Å²) >= 11 is 1.70. The van der Waals surface area contributed by atoms with Crippen LogP contribution in [0.4, 0.5) is 17.3 Å². The molecule has 100 valence electrons. The van der Waals surface area contributed by atoms with Gasteiger partial charge in [0.05, 0.1) is 0 Å². The first-order valence-electron chi connectivity index (χ1n) is 5.87. The molecule has 0 unspecified atom stereocenters. The van der Waals surface area contributed by atoms with Crippen LogP contribution in [0.5, 0.6) is 0 Å². The Balaban J connectivity index is 2.34. The van der Waals surface area contributed by atoms with Gasteiger partial charge in [-0.2, -0.15) is 0 Å². The van der Waals surface area contributed by atoms with E-state index >= 15 is 0 Å². The Hall–Kier alpha value is -1.79. The van der Waals surface area contributed by atoms with Gasteiger partial charge in [0.25, 0.3) is 0 Å². The lowest BCUT2D eigenvalue weighted by molar-refractivity contribution is 1.03. The molecule has 1 aromatic heterocycles. The molecule has 0 saturated carbocycles. The lowest BCUT2D eigenvalue weighted by Gasteiger charge is -2.12. The van der Waals surface area contributed by atoms with E-state index in [9.17, 15) is 0 Å². The number of nitrogens with two attached hydrogens (primary N) is 1. The van der Waals surface area contributed by atoms with Gasteiger partial charge in [0.15, 0.2) is 0 Å². The molecule has 2 aromatic rings. The van der Waals surface area contributed by atoms with Gasteiger partial charge in [-0.25, -0.2) is 15.8 Å². The zero-order valence-corrected chi connectivity index (χ0v) is 12.0. The average molecular weight is 275 g/mol. The smallest absolute Gasteiger partial charge is 0.148 e. The third kappa shape index (κ3) is 3.15. The van der Waals surface area contributed by atoms with Crippen molar-refractivity contribution in [3.8, 4) is 0 Å². The molecule has 19 heavy (non-hydrogen) atoms. The highest BCUT2D eigenvalue weighted by Crippen LogP contribution is 2.25. The Labute approximate surface area is 117 Å². The molecule has 6 heteroatoms. The number of thioether (sulfide) groups is 1. The molecule has 0 fully saturated rings. The van der Waals surface area contributed by atoms with Gasteiger partial charge in [-0.3, -0.25) is 0 Å². The molecule has 0 aliphatic carbocycles. The van der Waals surface area contributed by atoms with E-state index in [0.29, 0.717) is 11.6 Å². The summed E-state index contributed by atoms with van der Waals surface area (Å²) in [6.45, 7) is 3.76. The standard InChI is InChI=1S/C13H17N5S/c1-8-12(15-9(2)16-13(8)18-14)17-10-5-4-6-11(7-10)19-3/h4-7H,14H2,1-3H3,(H2,15,16,17,18). The predicted octanol–water partition coefficient (Wildman–Crippen LogP) is 2.84.